The van der Waals surface area contributed by atoms with Gasteiger partial charge in [0.2, 0.25) is 5.91 Å². The zero-order valence-corrected chi connectivity index (χ0v) is 9.38. The lowest BCUT2D eigenvalue weighted by atomic mass is 10.2. The molecule has 1 aromatic heterocycles. The highest BCUT2D eigenvalue weighted by Gasteiger charge is 2.25. The second-order valence-corrected chi connectivity index (χ2v) is 3.87. The average molecular weight is 235 g/mol. The molecule has 0 radical (unpaired) electrons. The molecule has 0 aromatic carbocycles. The summed E-state index contributed by atoms with van der Waals surface area (Å²) in [4.78, 5) is 27.9. The molecule has 1 aliphatic rings. The minimum Gasteiger partial charge on any atom is -0.477 e. The molecule has 1 atom stereocenters. The molecule has 17 heavy (non-hydrogen) atoms. The van der Waals surface area contributed by atoms with Crippen molar-refractivity contribution in [3.63, 3.8) is 0 Å². The van der Waals surface area contributed by atoms with Crippen LogP contribution in [0.2, 0.25) is 0 Å². The normalized spacial score (nSPS) is 19.9. The average Bonchev–Trinajstić information content (AvgIpc) is 2.33. The Morgan fingerprint density at radius 1 is 1.59 bits per heavy atom. The number of nitrogens with zero attached hydrogens (tertiary/aromatic N) is 2. The lowest BCUT2D eigenvalue weighted by Crippen LogP contribution is -2.54. The number of carboxylic acid groups (broad SMARTS) is 1. The Bertz CT molecular complexity index is 444. The van der Waals surface area contributed by atoms with Crippen LogP contribution >= 0.6 is 0 Å². The predicted octanol–water partition coefficient (Wildman–Crippen LogP) is 0.104. The fourth-order valence-electron chi connectivity index (χ4n) is 1.82. The summed E-state index contributed by atoms with van der Waals surface area (Å²) in [6.45, 7) is 3.09. The number of anilines is 1. The number of hydrogen-bond donors (Lipinski definition) is 2. The minimum absolute atomic E-state index is 0.00265. The van der Waals surface area contributed by atoms with E-state index in [0.717, 1.165) is 5.69 Å². The maximum Gasteiger partial charge on any atom is 0.354 e. The molecular formula is C11H13N3O3. The highest BCUT2D eigenvalue weighted by molar-refractivity contribution is 5.87. The number of hydrogen-bond acceptors (Lipinski definition) is 4. The van der Waals surface area contributed by atoms with Crippen molar-refractivity contribution in [1.29, 1.82) is 0 Å². The molecule has 1 unspecified atom stereocenters. The van der Waals surface area contributed by atoms with Crippen molar-refractivity contribution in [3.05, 3.63) is 24.0 Å². The van der Waals surface area contributed by atoms with E-state index in [0.29, 0.717) is 13.1 Å². The molecule has 2 heterocycles. The molecule has 6 nitrogen and oxygen atoms in total. The second-order valence-electron chi connectivity index (χ2n) is 3.87. The van der Waals surface area contributed by atoms with E-state index in [1.54, 1.807) is 13.0 Å². The fraction of sp³-hybridized carbons (Fsp3) is 0.364. The SMILES string of the molecule is CC1C(=O)NCCN1c1ccc(C(=O)O)nc1. The summed E-state index contributed by atoms with van der Waals surface area (Å²) in [5.41, 5.74) is 0.764. The molecule has 1 aromatic rings. The first kappa shape index (κ1) is 11.4. The highest BCUT2D eigenvalue weighted by Crippen LogP contribution is 2.17. The summed E-state index contributed by atoms with van der Waals surface area (Å²) in [7, 11) is 0. The Labute approximate surface area is 98.3 Å². The van der Waals surface area contributed by atoms with Crippen molar-refractivity contribution < 1.29 is 14.7 Å². The van der Waals surface area contributed by atoms with Crippen molar-refractivity contribution >= 4 is 17.6 Å². The van der Waals surface area contributed by atoms with Gasteiger partial charge in [-0.3, -0.25) is 4.79 Å². The van der Waals surface area contributed by atoms with Crippen LogP contribution in [0.1, 0.15) is 17.4 Å². The number of carboxylic acids is 1. The van der Waals surface area contributed by atoms with Crippen LogP contribution in [0.25, 0.3) is 0 Å². The lowest BCUT2D eigenvalue weighted by Gasteiger charge is -2.34. The maximum atomic E-state index is 11.5. The summed E-state index contributed by atoms with van der Waals surface area (Å²) in [5.74, 6) is -1.08. The van der Waals surface area contributed by atoms with Gasteiger partial charge in [-0.1, -0.05) is 0 Å². The first-order chi connectivity index (χ1) is 8.09. The minimum atomic E-state index is -1.05. The number of rotatable bonds is 2. The van der Waals surface area contributed by atoms with Gasteiger partial charge in [0.15, 0.2) is 0 Å². The fourth-order valence-corrected chi connectivity index (χ4v) is 1.82. The third kappa shape index (κ3) is 2.20. The number of aromatic nitrogens is 1. The van der Waals surface area contributed by atoms with Crippen molar-refractivity contribution in [2.24, 2.45) is 0 Å². The van der Waals surface area contributed by atoms with Crippen LogP contribution in [0.5, 0.6) is 0 Å². The van der Waals surface area contributed by atoms with Crippen molar-refractivity contribution in [3.8, 4) is 0 Å². The standard InChI is InChI=1S/C11H13N3O3/c1-7-10(15)12-4-5-14(7)8-2-3-9(11(16)17)13-6-8/h2-3,6-7H,4-5H2,1H3,(H,12,15)(H,16,17). The smallest absolute Gasteiger partial charge is 0.354 e. The van der Waals surface area contributed by atoms with Crippen LogP contribution in [0.15, 0.2) is 18.3 Å². The summed E-state index contributed by atoms with van der Waals surface area (Å²) >= 11 is 0. The summed E-state index contributed by atoms with van der Waals surface area (Å²) in [6, 6.07) is 2.85. The molecule has 0 aliphatic carbocycles. The first-order valence-corrected chi connectivity index (χ1v) is 5.33. The third-order valence-electron chi connectivity index (χ3n) is 2.80. The van der Waals surface area contributed by atoms with E-state index in [1.807, 2.05) is 4.90 Å². The zero-order valence-electron chi connectivity index (χ0n) is 9.38. The van der Waals surface area contributed by atoms with Crippen LogP contribution in [0.4, 0.5) is 5.69 Å². The van der Waals surface area contributed by atoms with Gasteiger partial charge >= 0.3 is 5.97 Å². The molecule has 1 amide bonds. The Morgan fingerprint density at radius 3 is 2.94 bits per heavy atom. The topological polar surface area (TPSA) is 82.5 Å². The first-order valence-electron chi connectivity index (χ1n) is 5.33. The van der Waals surface area contributed by atoms with E-state index >= 15 is 0 Å². The van der Waals surface area contributed by atoms with Gasteiger partial charge in [-0.25, -0.2) is 9.78 Å². The number of piperazine rings is 1. The van der Waals surface area contributed by atoms with E-state index in [1.165, 1.54) is 12.3 Å². The number of carbonyl (C=O) groups is 2. The van der Waals surface area contributed by atoms with Crippen LogP contribution < -0.4 is 10.2 Å². The van der Waals surface area contributed by atoms with Gasteiger partial charge in [-0.15, -0.1) is 0 Å². The summed E-state index contributed by atoms with van der Waals surface area (Å²) in [6.07, 6.45) is 1.48. The lowest BCUT2D eigenvalue weighted by molar-refractivity contribution is -0.122. The maximum absolute atomic E-state index is 11.5. The Balaban J connectivity index is 2.22. The molecule has 6 heteroatoms. The molecule has 0 spiro atoms. The van der Waals surface area contributed by atoms with Gasteiger partial charge in [0.05, 0.1) is 11.9 Å². The van der Waals surface area contributed by atoms with Gasteiger partial charge in [-0.2, -0.15) is 0 Å². The molecule has 1 fully saturated rings. The number of pyridine rings is 1. The summed E-state index contributed by atoms with van der Waals surface area (Å²) in [5, 5.41) is 11.5. The van der Waals surface area contributed by atoms with Crippen molar-refractivity contribution in [2.75, 3.05) is 18.0 Å². The van der Waals surface area contributed by atoms with Crippen molar-refractivity contribution in [2.45, 2.75) is 13.0 Å². The zero-order chi connectivity index (χ0) is 12.4. The Kier molecular flexibility index (Phi) is 2.95. The molecule has 2 rings (SSSR count). The Morgan fingerprint density at radius 2 is 2.35 bits per heavy atom. The summed E-state index contributed by atoms with van der Waals surface area (Å²) < 4.78 is 0. The van der Waals surface area contributed by atoms with E-state index in [-0.39, 0.29) is 17.6 Å². The Hall–Kier alpha value is -2.11. The van der Waals surface area contributed by atoms with Gasteiger partial charge in [0.25, 0.3) is 0 Å². The van der Waals surface area contributed by atoms with Gasteiger partial charge in [0.1, 0.15) is 11.7 Å². The highest BCUT2D eigenvalue weighted by atomic mass is 16.4. The molecular weight excluding hydrogens is 222 g/mol. The molecule has 90 valence electrons. The van der Waals surface area contributed by atoms with Gasteiger partial charge in [0, 0.05) is 13.1 Å². The number of nitrogens with one attached hydrogen (secondary N) is 1. The van der Waals surface area contributed by atoms with E-state index in [2.05, 4.69) is 10.3 Å². The van der Waals surface area contributed by atoms with Gasteiger partial charge in [-0.05, 0) is 19.1 Å². The molecule has 0 saturated carbocycles. The predicted molar refractivity (Wildman–Crippen MR) is 61.0 cm³/mol. The second kappa shape index (κ2) is 4.40. The third-order valence-corrected chi connectivity index (χ3v) is 2.80. The van der Waals surface area contributed by atoms with Crippen LogP contribution in [0.3, 0.4) is 0 Å². The quantitative estimate of drug-likeness (QED) is 0.760. The molecule has 2 N–H and O–H groups in total. The van der Waals surface area contributed by atoms with Gasteiger partial charge < -0.3 is 15.3 Å². The largest absolute Gasteiger partial charge is 0.477 e. The molecule has 1 saturated heterocycles. The van der Waals surface area contributed by atoms with Crippen molar-refractivity contribution in [1.82, 2.24) is 10.3 Å². The monoisotopic (exact) mass is 235 g/mol. The van der Waals surface area contributed by atoms with E-state index in [9.17, 15) is 9.59 Å². The molecule has 1 aliphatic heterocycles. The van der Waals surface area contributed by atoms with E-state index in [4.69, 9.17) is 5.11 Å². The van der Waals surface area contributed by atoms with Crippen LogP contribution in [-0.4, -0.2) is 41.1 Å². The number of carbonyl (C=O) groups excluding carboxylic acids is 1. The van der Waals surface area contributed by atoms with E-state index < -0.39 is 5.97 Å². The van der Waals surface area contributed by atoms with Crippen LogP contribution in [0, 0.1) is 0 Å². The number of amides is 1. The van der Waals surface area contributed by atoms with Crippen LogP contribution in [-0.2, 0) is 4.79 Å². The number of aromatic carboxylic acids is 1. The molecule has 0 bridgehead atoms.